The lowest BCUT2D eigenvalue weighted by atomic mass is 10.3. The number of nitrogens with one attached hydrogen (secondary N) is 1. The van der Waals surface area contributed by atoms with E-state index in [0.717, 1.165) is 12.1 Å². The van der Waals surface area contributed by atoms with Crippen LogP contribution in [0.15, 0.2) is 23.1 Å². The van der Waals surface area contributed by atoms with Crippen LogP contribution >= 0.6 is 12.2 Å². The Labute approximate surface area is 109 Å². The van der Waals surface area contributed by atoms with Crippen molar-refractivity contribution >= 4 is 27.2 Å². The van der Waals surface area contributed by atoms with Gasteiger partial charge in [0.1, 0.15) is 0 Å². The summed E-state index contributed by atoms with van der Waals surface area (Å²) in [7, 11) is -3.84. The number of rotatable bonds is 6. The van der Waals surface area contributed by atoms with Gasteiger partial charge in [0.2, 0.25) is 10.0 Å². The summed E-state index contributed by atoms with van der Waals surface area (Å²) in [4.78, 5) is -0.0289. The normalized spacial score (nSPS) is 11.4. The number of hydrogen-bond donors (Lipinski definition) is 2. The number of thiocarbonyl (C=S) groups is 1. The van der Waals surface area contributed by atoms with Gasteiger partial charge in [0.05, 0.1) is 9.88 Å². The first-order valence-corrected chi connectivity index (χ1v) is 6.95. The van der Waals surface area contributed by atoms with E-state index in [4.69, 9.17) is 5.73 Å². The standard InChI is InChI=1S/C10H12F2N2O2S2/c11-8-4-3-7(6-9(8)12)18(15,16)14-5-1-2-10(13)17/h3-4,6,14H,1-2,5H2,(H2,13,17). The van der Waals surface area contributed by atoms with Crippen LogP contribution in [-0.4, -0.2) is 20.0 Å². The van der Waals surface area contributed by atoms with Crippen LogP contribution in [0.25, 0.3) is 0 Å². The average molecular weight is 294 g/mol. The summed E-state index contributed by atoms with van der Waals surface area (Å²) in [5.41, 5.74) is 5.25. The van der Waals surface area contributed by atoms with Crippen molar-refractivity contribution in [3.05, 3.63) is 29.8 Å². The maximum Gasteiger partial charge on any atom is 0.240 e. The molecule has 0 fully saturated rings. The third-order valence-corrected chi connectivity index (χ3v) is 3.76. The van der Waals surface area contributed by atoms with E-state index in [9.17, 15) is 17.2 Å². The Balaban J connectivity index is 2.68. The summed E-state index contributed by atoms with van der Waals surface area (Å²) < 4.78 is 51.2. The molecule has 18 heavy (non-hydrogen) atoms. The van der Waals surface area contributed by atoms with Gasteiger partial charge in [0.25, 0.3) is 0 Å². The Bertz CT molecular complexity index is 547. The summed E-state index contributed by atoms with van der Waals surface area (Å²) in [6.07, 6.45) is 0.855. The van der Waals surface area contributed by atoms with E-state index in [1.807, 2.05) is 0 Å². The molecule has 3 N–H and O–H groups in total. The third kappa shape index (κ3) is 4.28. The lowest BCUT2D eigenvalue weighted by molar-refractivity contribution is 0.504. The van der Waals surface area contributed by atoms with Crippen LogP contribution in [0.5, 0.6) is 0 Å². The van der Waals surface area contributed by atoms with Gasteiger partial charge in [-0.05, 0) is 31.0 Å². The van der Waals surface area contributed by atoms with E-state index in [1.165, 1.54) is 0 Å². The Kier molecular flexibility index (Phi) is 5.12. The first-order chi connectivity index (χ1) is 8.33. The van der Waals surface area contributed by atoms with Crippen molar-refractivity contribution in [2.75, 3.05) is 6.54 Å². The van der Waals surface area contributed by atoms with Gasteiger partial charge in [0, 0.05) is 6.54 Å². The van der Waals surface area contributed by atoms with Crippen LogP contribution in [0, 0.1) is 11.6 Å². The lowest BCUT2D eigenvalue weighted by Gasteiger charge is -2.06. The van der Waals surface area contributed by atoms with Gasteiger partial charge < -0.3 is 5.73 Å². The Morgan fingerprint density at radius 1 is 1.33 bits per heavy atom. The van der Waals surface area contributed by atoms with E-state index in [0.29, 0.717) is 23.9 Å². The van der Waals surface area contributed by atoms with Crippen LogP contribution < -0.4 is 10.5 Å². The van der Waals surface area contributed by atoms with Crippen LogP contribution in [0.4, 0.5) is 8.78 Å². The summed E-state index contributed by atoms with van der Waals surface area (Å²) in [5.74, 6) is -2.30. The monoisotopic (exact) mass is 294 g/mol. The van der Waals surface area contributed by atoms with E-state index >= 15 is 0 Å². The molecule has 0 bridgehead atoms. The predicted octanol–water partition coefficient (Wildman–Crippen LogP) is 1.31. The molecule has 0 aliphatic carbocycles. The highest BCUT2D eigenvalue weighted by Gasteiger charge is 2.15. The number of sulfonamides is 1. The molecule has 1 aromatic carbocycles. The molecule has 0 amide bonds. The molecule has 0 saturated carbocycles. The maximum absolute atomic E-state index is 12.9. The fourth-order valence-corrected chi connectivity index (χ4v) is 2.43. The first-order valence-electron chi connectivity index (χ1n) is 5.06. The fraction of sp³-hybridized carbons (Fsp3) is 0.300. The number of benzene rings is 1. The van der Waals surface area contributed by atoms with Gasteiger partial charge in [-0.3, -0.25) is 0 Å². The van der Waals surface area contributed by atoms with Crippen LogP contribution in [-0.2, 0) is 10.0 Å². The predicted molar refractivity (Wildman–Crippen MR) is 67.6 cm³/mol. The second kappa shape index (κ2) is 6.17. The molecule has 0 aliphatic rings. The third-order valence-electron chi connectivity index (χ3n) is 2.09. The molecular weight excluding hydrogens is 282 g/mol. The van der Waals surface area contributed by atoms with Crippen LogP contribution in [0.2, 0.25) is 0 Å². The average Bonchev–Trinajstić information content (AvgIpc) is 2.28. The van der Waals surface area contributed by atoms with Crippen molar-refractivity contribution in [3.8, 4) is 0 Å². The molecule has 1 aromatic rings. The smallest absolute Gasteiger partial charge is 0.240 e. The topological polar surface area (TPSA) is 72.2 Å². The van der Waals surface area contributed by atoms with Gasteiger partial charge >= 0.3 is 0 Å². The molecule has 0 saturated heterocycles. The van der Waals surface area contributed by atoms with Crippen molar-refractivity contribution in [2.45, 2.75) is 17.7 Å². The molecule has 100 valence electrons. The minimum atomic E-state index is -3.84. The molecule has 0 spiro atoms. The molecule has 4 nitrogen and oxygen atoms in total. The summed E-state index contributed by atoms with van der Waals surface area (Å²) in [6, 6.07) is 2.39. The minimum Gasteiger partial charge on any atom is -0.393 e. The Hall–Kier alpha value is -1.12. The molecule has 0 aromatic heterocycles. The molecule has 1 rings (SSSR count). The van der Waals surface area contributed by atoms with Gasteiger partial charge in [-0.1, -0.05) is 12.2 Å². The van der Waals surface area contributed by atoms with Crippen molar-refractivity contribution in [1.82, 2.24) is 4.72 Å². The van der Waals surface area contributed by atoms with Gasteiger partial charge in [0.15, 0.2) is 11.6 Å². The van der Waals surface area contributed by atoms with Crippen molar-refractivity contribution in [2.24, 2.45) is 5.73 Å². The lowest BCUT2D eigenvalue weighted by Crippen LogP contribution is -2.25. The Morgan fingerprint density at radius 3 is 2.56 bits per heavy atom. The zero-order valence-corrected chi connectivity index (χ0v) is 11.0. The van der Waals surface area contributed by atoms with Crippen molar-refractivity contribution in [3.63, 3.8) is 0 Å². The fourth-order valence-electron chi connectivity index (χ4n) is 1.20. The summed E-state index contributed by atoms with van der Waals surface area (Å²) >= 11 is 4.64. The molecule has 0 unspecified atom stereocenters. The maximum atomic E-state index is 12.9. The second-order valence-electron chi connectivity index (χ2n) is 3.54. The number of halogens is 2. The molecule has 0 aliphatic heterocycles. The van der Waals surface area contributed by atoms with E-state index in [2.05, 4.69) is 16.9 Å². The van der Waals surface area contributed by atoms with Crippen LogP contribution in [0.1, 0.15) is 12.8 Å². The molecule has 0 atom stereocenters. The van der Waals surface area contributed by atoms with Gasteiger partial charge in [-0.25, -0.2) is 21.9 Å². The van der Waals surface area contributed by atoms with Crippen molar-refractivity contribution in [1.29, 1.82) is 0 Å². The first kappa shape index (κ1) is 14.9. The quantitative estimate of drug-likeness (QED) is 0.613. The molecule has 0 heterocycles. The highest BCUT2D eigenvalue weighted by molar-refractivity contribution is 7.89. The zero-order chi connectivity index (χ0) is 13.8. The zero-order valence-electron chi connectivity index (χ0n) is 9.32. The van der Waals surface area contributed by atoms with Crippen molar-refractivity contribution < 1.29 is 17.2 Å². The van der Waals surface area contributed by atoms with Gasteiger partial charge in [-0.2, -0.15) is 0 Å². The summed E-state index contributed by atoms with van der Waals surface area (Å²) in [5, 5.41) is 0. The molecule has 8 heteroatoms. The van der Waals surface area contributed by atoms with E-state index in [-0.39, 0.29) is 11.4 Å². The molecular formula is C10H12F2N2O2S2. The van der Waals surface area contributed by atoms with Gasteiger partial charge in [-0.15, -0.1) is 0 Å². The number of nitrogens with two attached hydrogens (primary N) is 1. The summed E-state index contributed by atoms with van der Waals surface area (Å²) in [6.45, 7) is 0.124. The second-order valence-corrected chi connectivity index (χ2v) is 5.83. The van der Waals surface area contributed by atoms with Crippen LogP contribution in [0.3, 0.4) is 0 Å². The highest BCUT2D eigenvalue weighted by Crippen LogP contribution is 2.13. The minimum absolute atomic E-state index is 0.124. The number of hydrogen-bond acceptors (Lipinski definition) is 3. The largest absolute Gasteiger partial charge is 0.393 e. The highest BCUT2D eigenvalue weighted by atomic mass is 32.2. The van der Waals surface area contributed by atoms with E-state index in [1.54, 1.807) is 0 Å². The SMILES string of the molecule is NC(=S)CCCNS(=O)(=O)c1ccc(F)c(F)c1. The Morgan fingerprint density at radius 2 is 2.00 bits per heavy atom. The van der Waals surface area contributed by atoms with E-state index < -0.39 is 21.7 Å². The molecule has 0 radical (unpaired) electrons.